The summed E-state index contributed by atoms with van der Waals surface area (Å²) in [5.41, 5.74) is -0.843. The van der Waals surface area contributed by atoms with Gasteiger partial charge in [0.05, 0.1) is 5.60 Å². The van der Waals surface area contributed by atoms with E-state index in [1.165, 1.54) is 18.5 Å². The molecule has 0 radical (unpaired) electrons. The molecule has 1 aromatic heterocycles. The number of amides is 1. The van der Waals surface area contributed by atoms with Crippen molar-refractivity contribution in [3.8, 4) is 0 Å². The van der Waals surface area contributed by atoms with Gasteiger partial charge in [0, 0.05) is 25.0 Å². The molecule has 5 heteroatoms. The number of aromatic amines is 1. The number of aromatic nitrogens is 1. The molecule has 1 aliphatic rings. The van der Waals surface area contributed by atoms with Crippen molar-refractivity contribution >= 4 is 5.91 Å². The van der Waals surface area contributed by atoms with Gasteiger partial charge in [0.2, 0.25) is 0 Å². The van der Waals surface area contributed by atoms with Gasteiger partial charge in [0.15, 0.2) is 5.43 Å². The molecule has 1 aromatic rings. The number of aliphatic hydroxyl groups is 1. The molecular weight excluding hydrogens is 256 g/mol. The Hall–Kier alpha value is -1.62. The van der Waals surface area contributed by atoms with E-state index in [0.717, 1.165) is 12.8 Å². The highest BCUT2D eigenvalue weighted by atomic mass is 16.3. The van der Waals surface area contributed by atoms with Gasteiger partial charge in [-0.2, -0.15) is 0 Å². The van der Waals surface area contributed by atoms with Crippen molar-refractivity contribution in [2.45, 2.75) is 45.1 Å². The SMILES string of the molecule is CC1(C)CCC(O)(CNC(=O)c2c[nH]ccc2=O)CC1. The van der Waals surface area contributed by atoms with Crippen molar-refractivity contribution in [2.24, 2.45) is 5.41 Å². The van der Waals surface area contributed by atoms with Crippen LogP contribution in [0.4, 0.5) is 0 Å². The third-order valence-electron chi connectivity index (χ3n) is 4.18. The second kappa shape index (κ2) is 5.40. The molecule has 2 rings (SSSR count). The summed E-state index contributed by atoms with van der Waals surface area (Å²) in [4.78, 5) is 26.2. The van der Waals surface area contributed by atoms with Crippen LogP contribution in [0, 0.1) is 5.41 Å². The Bertz CT molecular complexity index is 538. The summed E-state index contributed by atoms with van der Waals surface area (Å²) in [7, 11) is 0. The molecule has 5 nitrogen and oxygen atoms in total. The van der Waals surface area contributed by atoms with Gasteiger partial charge in [0.25, 0.3) is 5.91 Å². The highest BCUT2D eigenvalue weighted by Crippen LogP contribution is 2.39. The van der Waals surface area contributed by atoms with E-state index >= 15 is 0 Å². The molecule has 0 aliphatic heterocycles. The minimum atomic E-state index is -0.854. The lowest BCUT2D eigenvalue weighted by Crippen LogP contribution is -2.47. The largest absolute Gasteiger partial charge is 0.388 e. The van der Waals surface area contributed by atoms with Crippen LogP contribution in [0.3, 0.4) is 0 Å². The molecule has 0 unspecified atom stereocenters. The fraction of sp³-hybridized carbons (Fsp3) is 0.600. The van der Waals surface area contributed by atoms with Crippen LogP contribution < -0.4 is 10.7 Å². The minimum absolute atomic E-state index is 0.0761. The van der Waals surface area contributed by atoms with Crippen LogP contribution >= 0.6 is 0 Å². The molecule has 0 spiro atoms. The van der Waals surface area contributed by atoms with Gasteiger partial charge in [-0.25, -0.2) is 0 Å². The second-order valence-corrected chi connectivity index (χ2v) is 6.49. The summed E-state index contributed by atoms with van der Waals surface area (Å²) in [5.74, 6) is -0.440. The van der Waals surface area contributed by atoms with Gasteiger partial charge in [0.1, 0.15) is 5.56 Å². The number of rotatable bonds is 3. The van der Waals surface area contributed by atoms with Crippen LogP contribution in [-0.4, -0.2) is 28.1 Å². The van der Waals surface area contributed by atoms with Gasteiger partial charge in [-0.05, 0) is 31.1 Å². The maximum atomic E-state index is 11.9. The highest BCUT2D eigenvalue weighted by molar-refractivity contribution is 5.93. The maximum Gasteiger partial charge on any atom is 0.256 e. The lowest BCUT2D eigenvalue weighted by molar-refractivity contribution is -0.0233. The van der Waals surface area contributed by atoms with Gasteiger partial charge in [-0.15, -0.1) is 0 Å². The summed E-state index contributed by atoms with van der Waals surface area (Å²) in [6, 6.07) is 1.31. The van der Waals surface area contributed by atoms with Crippen molar-refractivity contribution in [1.29, 1.82) is 0 Å². The van der Waals surface area contributed by atoms with Gasteiger partial charge < -0.3 is 15.4 Å². The Balaban J connectivity index is 1.94. The zero-order chi connectivity index (χ0) is 14.8. The molecule has 1 fully saturated rings. The van der Waals surface area contributed by atoms with E-state index in [0.29, 0.717) is 12.8 Å². The first kappa shape index (κ1) is 14.8. The molecule has 3 N–H and O–H groups in total. The third-order valence-corrected chi connectivity index (χ3v) is 4.18. The number of carbonyl (C=O) groups is 1. The number of nitrogens with one attached hydrogen (secondary N) is 2. The van der Waals surface area contributed by atoms with Crippen molar-refractivity contribution in [1.82, 2.24) is 10.3 Å². The third kappa shape index (κ3) is 3.48. The van der Waals surface area contributed by atoms with Gasteiger partial charge in [-0.1, -0.05) is 13.8 Å². The summed E-state index contributed by atoms with van der Waals surface area (Å²) < 4.78 is 0. The van der Waals surface area contributed by atoms with E-state index < -0.39 is 11.5 Å². The molecule has 1 amide bonds. The van der Waals surface area contributed by atoms with Gasteiger partial charge in [-0.3, -0.25) is 9.59 Å². The first-order chi connectivity index (χ1) is 9.31. The Kier molecular flexibility index (Phi) is 3.99. The molecule has 0 aromatic carbocycles. The van der Waals surface area contributed by atoms with Crippen molar-refractivity contribution < 1.29 is 9.90 Å². The first-order valence-corrected chi connectivity index (χ1v) is 6.99. The van der Waals surface area contributed by atoms with Gasteiger partial charge >= 0.3 is 0 Å². The second-order valence-electron chi connectivity index (χ2n) is 6.49. The average Bonchev–Trinajstić information content (AvgIpc) is 2.41. The predicted octanol–water partition coefficient (Wildman–Crippen LogP) is 1.44. The van der Waals surface area contributed by atoms with Crippen molar-refractivity contribution in [3.05, 3.63) is 34.2 Å². The number of pyridine rings is 1. The van der Waals surface area contributed by atoms with Crippen LogP contribution in [0.15, 0.2) is 23.3 Å². The molecular formula is C15H22N2O3. The fourth-order valence-corrected chi connectivity index (χ4v) is 2.50. The van der Waals surface area contributed by atoms with E-state index in [1.54, 1.807) is 0 Å². The van der Waals surface area contributed by atoms with E-state index in [9.17, 15) is 14.7 Å². The summed E-state index contributed by atoms with van der Waals surface area (Å²) in [5, 5.41) is 13.1. The van der Waals surface area contributed by atoms with E-state index in [1.807, 2.05) is 0 Å². The Morgan fingerprint density at radius 2 is 2.00 bits per heavy atom. The molecule has 1 heterocycles. The van der Waals surface area contributed by atoms with E-state index in [-0.39, 0.29) is 23.0 Å². The van der Waals surface area contributed by atoms with Crippen LogP contribution in [0.1, 0.15) is 49.9 Å². The van der Waals surface area contributed by atoms with Crippen molar-refractivity contribution in [2.75, 3.05) is 6.54 Å². The predicted molar refractivity (Wildman–Crippen MR) is 76.6 cm³/mol. The normalized spacial score (nSPS) is 20.4. The van der Waals surface area contributed by atoms with Crippen molar-refractivity contribution in [3.63, 3.8) is 0 Å². The van der Waals surface area contributed by atoms with E-state index in [2.05, 4.69) is 24.1 Å². The van der Waals surface area contributed by atoms with E-state index in [4.69, 9.17) is 0 Å². The van der Waals surface area contributed by atoms with Crippen LogP contribution in [0.5, 0.6) is 0 Å². The van der Waals surface area contributed by atoms with Crippen LogP contribution in [-0.2, 0) is 0 Å². The summed E-state index contributed by atoms with van der Waals surface area (Å²) in [6.45, 7) is 4.57. The Morgan fingerprint density at radius 3 is 2.60 bits per heavy atom. The zero-order valence-corrected chi connectivity index (χ0v) is 12.0. The number of carbonyl (C=O) groups excluding carboxylic acids is 1. The first-order valence-electron chi connectivity index (χ1n) is 6.99. The molecule has 110 valence electrons. The average molecular weight is 278 g/mol. The zero-order valence-electron chi connectivity index (χ0n) is 12.0. The quantitative estimate of drug-likeness (QED) is 0.782. The Morgan fingerprint density at radius 1 is 1.35 bits per heavy atom. The molecule has 1 aliphatic carbocycles. The smallest absolute Gasteiger partial charge is 0.256 e. The minimum Gasteiger partial charge on any atom is -0.388 e. The molecule has 0 atom stereocenters. The molecule has 0 saturated heterocycles. The number of hydrogen-bond donors (Lipinski definition) is 3. The lowest BCUT2D eigenvalue weighted by Gasteiger charge is -2.40. The lowest BCUT2D eigenvalue weighted by atomic mass is 9.71. The maximum absolute atomic E-state index is 11.9. The van der Waals surface area contributed by atoms with Crippen LogP contribution in [0.2, 0.25) is 0 Å². The summed E-state index contributed by atoms with van der Waals surface area (Å²) >= 11 is 0. The topological polar surface area (TPSA) is 82.2 Å². The Labute approximate surface area is 118 Å². The monoisotopic (exact) mass is 278 g/mol. The standard InChI is InChI=1S/C15H22N2O3/c1-14(2)4-6-15(20,7-5-14)10-17-13(19)11-9-16-8-3-12(11)18/h3,8-9,20H,4-7,10H2,1-2H3,(H,16,18)(H,17,19). The summed E-state index contributed by atoms with van der Waals surface area (Å²) in [6.07, 6.45) is 6.08. The molecule has 0 bridgehead atoms. The highest BCUT2D eigenvalue weighted by Gasteiger charge is 2.36. The molecule has 20 heavy (non-hydrogen) atoms. The fourth-order valence-electron chi connectivity index (χ4n) is 2.50. The van der Waals surface area contributed by atoms with Crippen LogP contribution in [0.25, 0.3) is 0 Å². The number of hydrogen-bond acceptors (Lipinski definition) is 3. The molecule has 1 saturated carbocycles. The number of H-pyrrole nitrogens is 1.